The van der Waals surface area contributed by atoms with E-state index in [-0.39, 0.29) is 12.0 Å². The Labute approximate surface area is 116 Å². The lowest BCUT2D eigenvalue weighted by Gasteiger charge is -2.21. The van der Waals surface area contributed by atoms with Crippen molar-refractivity contribution in [1.29, 1.82) is 0 Å². The lowest BCUT2D eigenvalue weighted by Crippen LogP contribution is -2.21. The summed E-state index contributed by atoms with van der Waals surface area (Å²) in [5.74, 6) is -1.07. The van der Waals surface area contributed by atoms with Gasteiger partial charge in [0.1, 0.15) is 5.82 Å². The summed E-state index contributed by atoms with van der Waals surface area (Å²) < 4.78 is 56.4. The van der Waals surface area contributed by atoms with Crippen molar-refractivity contribution in [3.8, 4) is 0 Å². The first kappa shape index (κ1) is 16.9. The predicted octanol–water partition coefficient (Wildman–Crippen LogP) is 3.78. The Morgan fingerprint density at radius 3 is 2.45 bits per heavy atom. The van der Waals surface area contributed by atoms with E-state index in [1.165, 1.54) is 6.07 Å². The number of hydrogen-bond acceptors (Lipinski definition) is 2. The quantitative estimate of drug-likeness (QED) is 0.806. The van der Waals surface area contributed by atoms with Crippen molar-refractivity contribution in [3.05, 3.63) is 35.1 Å². The lowest BCUT2D eigenvalue weighted by atomic mass is 9.95. The van der Waals surface area contributed by atoms with E-state index in [1.807, 2.05) is 6.92 Å². The number of halogens is 4. The van der Waals surface area contributed by atoms with Crippen molar-refractivity contribution in [3.63, 3.8) is 0 Å². The minimum atomic E-state index is -4.68. The van der Waals surface area contributed by atoms with Gasteiger partial charge in [-0.25, -0.2) is 4.39 Å². The maximum absolute atomic E-state index is 13.3. The van der Waals surface area contributed by atoms with Crippen molar-refractivity contribution in [2.75, 3.05) is 20.8 Å². The third-order valence-corrected chi connectivity index (χ3v) is 3.14. The fourth-order valence-electron chi connectivity index (χ4n) is 2.15. The van der Waals surface area contributed by atoms with Gasteiger partial charge < -0.3 is 10.1 Å². The molecule has 114 valence electrons. The molecule has 0 spiro atoms. The smallest absolute Gasteiger partial charge is 0.384 e. The van der Waals surface area contributed by atoms with Gasteiger partial charge in [-0.05, 0) is 37.1 Å². The summed E-state index contributed by atoms with van der Waals surface area (Å²) in [5.41, 5.74) is -0.807. The number of benzene rings is 1. The number of rotatable bonds is 6. The molecular formula is C14H19F4NO. The van der Waals surface area contributed by atoms with Crippen LogP contribution in [-0.2, 0) is 10.9 Å². The Morgan fingerprint density at radius 2 is 1.95 bits per heavy atom. The SMILES string of the molecule is CNC(CC(C)COC)c1ccc(F)c(C(F)(F)F)c1. The van der Waals surface area contributed by atoms with Gasteiger partial charge in [0.25, 0.3) is 0 Å². The molecule has 1 N–H and O–H groups in total. The molecule has 0 amide bonds. The van der Waals surface area contributed by atoms with Crippen LogP contribution in [0.3, 0.4) is 0 Å². The number of ether oxygens (including phenoxy) is 1. The molecule has 2 atom stereocenters. The summed E-state index contributed by atoms with van der Waals surface area (Å²) in [6.07, 6.45) is -4.08. The van der Waals surface area contributed by atoms with Crippen LogP contribution in [0.1, 0.15) is 30.5 Å². The summed E-state index contributed by atoms with van der Waals surface area (Å²) in [6.45, 7) is 2.47. The van der Waals surface area contributed by atoms with Crippen LogP contribution in [0.25, 0.3) is 0 Å². The maximum Gasteiger partial charge on any atom is 0.419 e. The van der Waals surface area contributed by atoms with Gasteiger partial charge >= 0.3 is 6.18 Å². The monoisotopic (exact) mass is 293 g/mol. The zero-order valence-electron chi connectivity index (χ0n) is 11.7. The van der Waals surface area contributed by atoms with Gasteiger partial charge in [-0.2, -0.15) is 13.2 Å². The molecule has 0 aliphatic rings. The predicted molar refractivity (Wildman–Crippen MR) is 68.9 cm³/mol. The molecule has 1 aromatic carbocycles. The van der Waals surface area contributed by atoms with Crippen LogP contribution < -0.4 is 5.32 Å². The van der Waals surface area contributed by atoms with E-state index in [1.54, 1.807) is 14.2 Å². The third kappa shape index (κ3) is 4.45. The first-order valence-electron chi connectivity index (χ1n) is 6.32. The lowest BCUT2D eigenvalue weighted by molar-refractivity contribution is -0.140. The van der Waals surface area contributed by atoms with Crippen LogP contribution >= 0.6 is 0 Å². The molecule has 0 heterocycles. The molecular weight excluding hydrogens is 274 g/mol. The molecule has 0 aromatic heterocycles. The number of alkyl halides is 3. The zero-order chi connectivity index (χ0) is 15.3. The molecule has 2 unspecified atom stereocenters. The van der Waals surface area contributed by atoms with Crippen LogP contribution in [0.15, 0.2) is 18.2 Å². The maximum atomic E-state index is 13.3. The van der Waals surface area contributed by atoms with Crippen molar-refractivity contribution >= 4 is 0 Å². The molecule has 0 aliphatic carbocycles. The van der Waals surface area contributed by atoms with Crippen LogP contribution in [-0.4, -0.2) is 20.8 Å². The third-order valence-electron chi connectivity index (χ3n) is 3.14. The Bertz CT molecular complexity index is 434. The van der Waals surface area contributed by atoms with Crippen LogP contribution in [0, 0.1) is 11.7 Å². The van der Waals surface area contributed by atoms with Crippen molar-refractivity contribution in [2.24, 2.45) is 5.92 Å². The second-order valence-electron chi connectivity index (χ2n) is 4.87. The van der Waals surface area contributed by atoms with E-state index >= 15 is 0 Å². The van der Waals surface area contributed by atoms with E-state index in [9.17, 15) is 17.6 Å². The number of nitrogens with one attached hydrogen (secondary N) is 1. The van der Waals surface area contributed by atoms with Crippen molar-refractivity contribution in [1.82, 2.24) is 5.32 Å². The molecule has 6 heteroatoms. The largest absolute Gasteiger partial charge is 0.419 e. The Morgan fingerprint density at radius 1 is 1.30 bits per heavy atom. The van der Waals surface area contributed by atoms with E-state index in [2.05, 4.69) is 5.32 Å². The Kier molecular flexibility index (Phi) is 5.95. The first-order valence-corrected chi connectivity index (χ1v) is 6.32. The zero-order valence-corrected chi connectivity index (χ0v) is 11.7. The van der Waals surface area contributed by atoms with Gasteiger partial charge in [-0.1, -0.05) is 13.0 Å². The van der Waals surface area contributed by atoms with Gasteiger partial charge in [0.15, 0.2) is 0 Å². The normalized spacial score (nSPS) is 15.2. The molecule has 20 heavy (non-hydrogen) atoms. The fraction of sp³-hybridized carbons (Fsp3) is 0.571. The van der Waals surface area contributed by atoms with Gasteiger partial charge in [-0.15, -0.1) is 0 Å². The van der Waals surface area contributed by atoms with Gasteiger partial charge in [0.05, 0.1) is 5.56 Å². The van der Waals surface area contributed by atoms with Crippen molar-refractivity contribution < 1.29 is 22.3 Å². The molecule has 0 aliphatic heterocycles. The highest BCUT2D eigenvalue weighted by atomic mass is 19.4. The van der Waals surface area contributed by atoms with Crippen molar-refractivity contribution in [2.45, 2.75) is 25.6 Å². The molecule has 0 saturated carbocycles. The average Bonchev–Trinajstić information content (AvgIpc) is 2.35. The van der Waals surface area contributed by atoms with Gasteiger partial charge in [0.2, 0.25) is 0 Å². The number of methoxy groups -OCH3 is 1. The highest BCUT2D eigenvalue weighted by molar-refractivity contribution is 5.29. The molecule has 0 fully saturated rings. The highest BCUT2D eigenvalue weighted by Gasteiger charge is 2.34. The summed E-state index contributed by atoms with van der Waals surface area (Å²) in [7, 11) is 3.24. The second-order valence-corrected chi connectivity index (χ2v) is 4.87. The molecule has 0 radical (unpaired) electrons. The Hall–Kier alpha value is -1.14. The molecule has 0 bridgehead atoms. The number of hydrogen-bond donors (Lipinski definition) is 1. The fourth-order valence-corrected chi connectivity index (χ4v) is 2.15. The highest BCUT2D eigenvalue weighted by Crippen LogP contribution is 2.33. The van der Waals surface area contributed by atoms with E-state index < -0.39 is 17.6 Å². The van der Waals surface area contributed by atoms with Crippen LogP contribution in [0.2, 0.25) is 0 Å². The summed E-state index contributed by atoms with van der Waals surface area (Å²) >= 11 is 0. The molecule has 1 rings (SSSR count). The molecule has 2 nitrogen and oxygen atoms in total. The standard InChI is InChI=1S/C14H19F4NO/c1-9(8-20-3)6-13(19-2)10-4-5-12(15)11(7-10)14(16,17)18/h4-5,7,9,13,19H,6,8H2,1-3H3. The summed E-state index contributed by atoms with van der Waals surface area (Å²) in [6, 6.07) is 2.84. The van der Waals surface area contributed by atoms with E-state index in [0.29, 0.717) is 18.6 Å². The van der Waals surface area contributed by atoms with E-state index in [0.717, 1.165) is 12.1 Å². The minimum absolute atomic E-state index is 0.178. The summed E-state index contributed by atoms with van der Waals surface area (Å²) in [4.78, 5) is 0. The molecule has 0 saturated heterocycles. The van der Waals surface area contributed by atoms with E-state index in [4.69, 9.17) is 4.74 Å². The second kappa shape index (κ2) is 7.04. The molecule has 1 aromatic rings. The summed E-state index contributed by atoms with van der Waals surface area (Å²) in [5, 5.41) is 2.96. The Balaban J connectivity index is 2.99. The first-order chi connectivity index (χ1) is 9.29. The van der Waals surface area contributed by atoms with Gasteiger partial charge in [0, 0.05) is 19.8 Å². The van der Waals surface area contributed by atoms with Crippen LogP contribution in [0.4, 0.5) is 17.6 Å². The minimum Gasteiger partial charge on any atom is -0.384 e. The topological polar surface area (TPSA) is 21.3 Å². The van der Waals surface area contributed by atoms with Gasteiger partial charge in [-0.3, -0.25) is 0 Å². The average molecular weight is 293 g/mol. The van der Waals surface area contributed by atoms with Crippen LogP contribution in [0.5, 0.6) is 0 Å².